The largest absolute Gasteiger partial charge is 0.482 e. The first kappa shape index (κ1) is 19.7. The minimum Gasteiger partial charge on any atom is -0.482 e. The summed E-state index contributed by atoms with van der Waals surface area (Å²) in [7, 11) is 0. The normalized spacial score (nSPS) is 11.1. The molecule has 0 fully saturated rings. The number of benzene rings is 2. The average molecular weight is 380 g/mol. The second-order valence-electron chi connectivity index (χ2n) is 6.36. The van der Waals surface area contributed by atoms with Crippen LogP contribution in [0.5, 0.6) is 5.75 Å². The van der Waals surface area contributed by atoms with E-state index in [0.717, 1.165) is 0 Å². The SMILES string of the molecule is Cc1cc(OCC(=O)O)ccc1NC(=O)C(C)(C)c1ccc(Cl)cc1F. The van der Waals surface area contributed by atoms with E-state index in [1.54, 1.807) is 39.0 Å². The van der Waals surface area contributed by atoms with Gasteiger partial charge in [-0.1, -0.05) is 17.7 Å². The summed E-state index contributed by atoms with van der Waals surface area (Å²) in [6, 6.07) is 8.99. The summed E-state index contributed by atoms with van der Waals surface area (Å²) < 4.78 is 19.3. The summed E-state index contributed by atoms with van der Waals surface area (Å²) >= 11 is 5.77. The van der Waals surface area contributed by atoms with Gasteiger partial charge in [-0.25, -0.2) is 9.18 Å². The van der Waals surface area contributed by atoms with E-state index in [-0.39, 0.29) is 16.5 Å². The summed E-state index contributed by atoms with van der Waals surface area (Å²) in [6.07, 6.45) is 0. The van der Waals surface area contributed by atoms with E-state index < -0.39 is 23.8 Å². The lowest BCUT2D eigenvalue weighted by atomic mass is 9.83. The van der Waals surface area contributed by atoms with Gasteiger partial charge in [0.15, 0.2) is 6.61 Å². The highest BCUT2D eigenvalue weighted by atomic mass is 35.5. The van der Waals surface area contributed by atoms with Gasteiger partial charge in [0.05, 0.1) is 5.41 Å². The van der Waals surface area contributed by atoms with Crippen LogP contribution in [0.25, 0.3) is 0 Å². The van der Waals surface area contributed by atoms with Crippen molar-refractivity contribution in [3.8, 4) is 5.75 Å². The molecule has 0 bridgehead atoms. The van der Waals surface area contributed by atoms with Gasteiger partial charge in [-0.15, -0.1) is 0 Å². The van der Waals surface area contributed by atoms with Crippen molar-refractivity contribution in [1.82, 2.24) is 0 Å². The highest BCUT2D eigenvalue weighted by Gasteiger charge is 2.32. The standard InChI is InChI=1S/C19H19ClFNO4/c1-11-8-13(26-10-17(23)24)5-7-16(11)22-18(25)19(2,3)14-6-4-12(20)9-15(14)21/h4-9H,10H2,1-3H3,(H,22,25)(H,23,24). The first-order valence-electron chi connectivity index (χ1n) is 7.83. The van der Waals surface area contributed by atoms with E-state index in [1.165, 1.54) is 18.2 Å². The van der Waals surface area contributed by atoms with Crippen molar-refractivity contribution in [2.45, 2.75) is 26.2 Å². The molecule has 0 atom stereocenters. The fourth-order valence-corrected chi connectivity index (χ4v) is 2.57. The van der Waals surface area contributed by atoms with Gasteiger partial charge in [0.1, 0.15) is 11.6 Å². The second-order valence-corrected chi connectivity index (χ2v) is 6.80. The van der Waals surface area contributed by atoms with E-state index >= 15 is 0 Å². The lowest BCUT2D eigenvalue weighted by Gasteiger charge is -2.25. The Bertz CT molecular complexity index is 851. The number of carboxylic acids is 1. The van der Waals surface area contributed by atoms with Crippen molar-refractivity contribution >= 4 is 29.2 Å². The zero-order valence-corrected chi connectivity index (χ0v) is 15.4. The molecule has 5 nitrogen and oxygen atoms in total. The second kappa shape index (κ2) is 7.74. The van der Waals surface area contributed by atoms with E-state index in [9.17, 15) is 14.0 Å². The molecule has 1 amide bonds. The highest BCUT2D eigenvalue weighted by molar-refractivity contribution is 6.30. The number of carbonyl (C=O) groups is 2. The molecule has 2 aromatic rings. The van der Waals surface area contributed by atoms with E-state index in [1.807, 2.05) is 0 Å². The predicted octanol–water partition coefficient (Wildman–Crippen LogP) is 4.17. The van der Waals surface area contributed by atoms with Crippen LogP contribution in [-0.2, 0) is 15.0 Å². The number of anilines is 1. The molecule has 26 heavy (non-hydrogen) atoms. The van der Waals surface area contributed by atoms with Crippen molar-refractivity contribution < 1.29 is 23.8 Å². The van der Waals surface area contributed by atoms with Gasteiger partial charge in [0.25, 0.3) is 0 Å². The molecule has 138 valence electrons. The third kappa shape index (κ3) is 4.52. The molecule has 0 heterocycles. The minimum absolute atomic E-state index is 0.235. The number of aliphatic carboxylic acids is 1. The predicted molar refractivity (Wildman–Crippen MR) is 97.4 cm³/mol. The van der Waals surface area contributed by atoms with Gasteiger partial charge in [-0.2, -0.15) is 0 Å². The molecule has 0 aliphatic heterocycles. The van der Waals surface area contributed by atoms with Crippen LogP contribution in [0.1, 0.15) is 25.0 Å². The number of aryl methyl sites for hydroxylation is 1. The molecule has 2 rings (SSSR count). The van der Waals surface area contributed by atoms with Crippen LogP contribution in [0.4, 0.5) is 10.1 Å². The number of hydrogen-bond acceptors (Lipinski definition) is 3. The molecule has 2 N–H and O–H groups in total. The quantitative estimate of drug-likeness (QED) is 0.789. The lowest BCUT2D eigenvalue weighted by molar-refractivity contribution is -0.139. The number of amides is 1. The molecule has 0 radical (unpaired) electrons. The first-order chi connectivity index (χ1) is 12.1. The van der Waals surface area contributed by atoms with E-state index in [4.69, 9.17) is 21.4 Å². The number of rotatable bonds is 6. The summed E-state index contributed by atoms with van der Waals surface area (Å²) in [5.74, 6) is -1.63. The van der Waals surface area contributed by atoms with Gasteiger partial charge < -0.3 is 15.2 Å². The molecule has 0 aliphatic rings. The molecule has 7 heteroatoms. The van der Waals surface area contributed by atoms with Gasteiger partial charge in [-0.05, 0) is 56.7 Å². The maximum absolute atomic E-state index is 14.2. The molecule has 0 aromatic heterocycles. The van der Waals surface area contributed by atoms with Crippen molar-refractivity contribution in [1.29, 1.82) is 0 Å². The van der Waals surface area contributed by atoms with E-state index in [0.29, 0.717) is 17.0 Å². The number of nitrogens with one attached hydrogen (secondary N) is 1. The van der Waals surface area contributed by atoms with Crippen molar-refractivity contribution in [3.05, 3.63) is 58.4 Å². The molecule has 0 spiro atoms. The third-order valence-corrected chi connectivity index (χ3v) is 4.22. The van der Waals surface area contributed by atoms with Crippen LogP contribution in [0.3, 0.4) is 0 Å². The van der Waals surface area contributed by atoms with Crippen molar-refractivity contribution in [3.63, 3.8) is 0 Å². The van der Waals surface area contributed by atoms with Gasteiger partial charge >= 0.3 is 5.97 Å². The number of hydrogen-bond donors (Lipinski definition) is 2. The number of carbonyl (C=O) groups excluding carboxylic acids is 1. The summed E-state index contributed by atoms with van der Waals surface area (Å²) in [5, 5.41) is 11.7. The molecule has 0 aliphatic carbocycles. The Balaban J connectivity index is 2.19. The Hall–Kier alpha value is -2.60. The summed E-state index contributed by atoms with van der Waals surface area (Å²) in [4.78, 5) is 23.2. The fourth-order valence-electron chi connectivity index (χ4n) is 2.41. The first-order valence-corrected chi connectivity index (χ1v) is 8.21. The lowest BCUT2D eigenvalue weighted by Crippen LogP contribution is -2.35. The molecular formula is C19H19ClFNO4. The number of carboxylic acid groups (broad SMARTS) is 1. The fraction of sp³-hybridized carbons (Fsp3) is 0.263. The molecule has 2 aromatic carbocycles. The van der Waals surface area contributed by atoms with Crippen molar-refractivity contribution in [2.75, 3.05) is 11.9 Å². The number of ether oxygens (including phenoxy) is 1. The Kier molecular flexibility index (Phi) is 5.87. The van der Waals surface area contributed by atoms with Crippen molar-refractivity contribution in [2.24, 2.45) is 0 Å². The Morgan fingerprint density at radius 3 is 2.50 bits per heavy atom. The molecule has 0 saturated heterocycles. The summed E-state index contributed by atoms with van der Waals surface area (Å²) in [6.45, 7) is 4.54. The maximum atomic E-state index is 14.2. The smallest absolute Gasteiger partial charge is 0.341 e. The van der Waals surface area contributed by atoms with Gasteiger partial charge in [0, 0.05) is 16.3 Å². The highest BCUT2D eigenvalue weighted by Crippen LogP contribution is 2.30. The topological polar surface area (TPSA) is 75.6 Å². The average Bonchev–Trinajstić information content (AvgIpc) is 2.54. The minimum atomic E-state index is -1.13. The number of halogens is 2. The van der Waals surface area contributed by atoms with Crippen LogP contribution in [0.15, 0.2) is 36.4 Å². The van der Waals surface area contributed by atoms with Crippen LogP contribution in [-0.4, -0.2) is 23.6 Å². The Labute approximate surface area is 155 Å². The van der Waals surface area contributed by atoms with Gasteiger partial charge in [0.2, 0.25) is 5.91 Å². The Morgan fingerprint density at radius 2 is 1.92 bits per heavy atom. The van der Waals surface area contributed by atoms with Crippen LogP contribution < -0.4 is 10.1 Å². The monoisotopic (exact) mass is 379 g/mol. The Morgan fingerprint density at radius 1 is 1.23 bits per heavy atom. The third-order valence-electron chi connectivity index (χ3n) is 3.98. The summed E-state index contributed by atoms with van der Waals surface area (Å²) in [5.41, 5.74) is 0.326. The molecule has 0 saturated carbocycles. The zero-order valence-electron chi connectivity index (χ0n) is 14.6. The zero-order chi connectivity index (χ0) is 19.5. The van der Waals surface area contributed by atoms with Crippen LogP contribution >= 0.6 is 11.6 Å². The molecular weight excluding hydrogens is 361 g/mol. The van der Waals surface area contributed by atoms with Crippen LogP contribution in [0.2, 0.25) is 5.02 Å². The van der Waals surface area contributed by atoms with E-state index in [2.05, 4.69) is 5.32 Å². The van der Waals surface area contributed by atoms with Gasteiger partial charge in [-0.3, -0.25) is 4.79 Å². The van der Waals surface area contributed by atoms with Crippen LogP contribution in [0, 0.1) is 12.7 Å². The maximum Gasteiger partial charge on any atom is 0.341 e. The molecule has 0 unspecified atom stereocenters.